The van der Waals surface area contributed by atoms with Crippen molar-refractivity contribution in [2.75, 3.05) is 26.4 Å². The van der Waals surface area contributed by atoms with Gasteiger partial charge >= 0.3 is 0 Å². The summed E-state index contributed by atoms with van der Waals surface area (Å²) in [6, 6.07) is 0. The average Bonchev–Trinajstić information content (AvgIpc) is 3.02. The first-order valence-electron chi connectivity index (χ1n) is 19.4. The number of hydrogen-bond donors (Lipinski definition) is 1. The predicted octanol–water partition coefficient (Wildman–Crippen LogP) is 12.8. The minimum atomic E-state index is -0.164. The third kappa shape index (κ3) is 37.5. The molecule has 0 aromatic carbocycles. The molecule has 0 heterocycles. The van der Waals surface area contributed by atoms with E-state index in [0.717, 1.165) is 26.1 Å². The first-order valence-corrected chi connectivity index (χ1v) is 19.4. The van der Waals surface area contributed by atoms with Crippen LogP contribution in [0.5, 0.6) is 0 Å². The monoisotopic (exact) mass is 607 g/mol. The second-order valence-corrected chi connectivity index (χ2v) is 13.0. The van der Waals surface area contributed by atoms with Crippen molar-refractivity contribution in [3.8, 4) is 0 Å². The van der Waals surface area contributed by atoms with Crippen molar-refractivity contribution < 1.29 is 14.6 Å². The van der Waals surface area contributed by atoms with Gasteiger partial charge in [-0.25, -0.2) is 0 Å². The molecule has 1 unspecified atom stereocenters. The van der Waals surface area contributed by atoms with Gasteiger partial charge in [-0.2, -0.15) is 0 Å². The van der Waals surface area contributed by atoms with Gasteiger partial charge in [0.15, 0.2) is 0 Å². The number of aliphatic hydroxyl groups is 1. The minimum absolute atomic E-state index is 0.0562. The molecule has 0 bridgehead atoms. The maximum Gasteiger partial charge on any atom is 0.104 e. The zero-order valence-electron chi connectivity index (χ0n) is 29.5. The van der Waals surface area contributed by atoms with Crippen LogP contribution in [0.25, 0.3) is 0 Å². The van der Waals surface area contributed by atoms with Crippen molar-refractivity contribution in [1.82, 2.24) is 0 Å². The largest absolute Gasteiger partial charge is 0.394 e. The number of unbranched alkanes of at least 4 members (excludes halogenated alkanes) is 25. The van der Waals surface area contributed by atoms with Gasteiger partial charge in [-0.1, -0.05) is 160 Å². The fraction of sp³-hybridized carbons (Fsp3) is 0.900. The quantitative estimate of drug-likeness (QED) is 0.0564. The van der Waals surface area contributed by atoms with E-state index in [1.54, 1.807) is 0 Å². The minimum Gasteiger partial charge on any atom is -0.394 e. The molecule has 0 aliphatic rings. The zero-order chi connectivity index (χ0) is 31.2. The van der Waals surface area contributed by atoms with Crippen molar-refractivity contribution >= 4 is 0 Å². The van der Waals surface area contributed by atoms with Crippen LogP contribution >= 0.6 is 0 Å². The molecule has 0 saturated heterocycles. The highest BCUT2D eigenvalue weighted by molar-refractivity contribution is 4.82. The Balaban J connectivity index is 3.31. The molecule has 0 rings (SSSR count). The second kappa shape index (κ2) is 39.4. The third-order valence-corrected chi connectivity index (χ3v) is 8.57. The lowest BCUT2D eigenvalue weighted by atomic mass is 10.1. The van der Waals surface area contributed by atoms with Gasteiger partial charge in [0.1, 0.15) is 6.10 Å². The molecular formula is C40H78O3. The van der Waals surface area contributed by atoms with Crippen molar-refractivity contribution in [3.63, 3.8) is 0 Å². The number of rotatable bonds is 37. The van der Waals surface area contributed by atoms with E-state index in [1.807, 2.05) is 0 Å². The molecule has 0 aromatic heterocycles. The van der Waals surface area contributed by atoms with E-state index >= 15 is 0 Å². The van der Waals surface area contributed by atoms with E-state index in [-0.39, 0.29) is 12.7 Å². The molecule has 0 radical (unpaired) electrons. The van der Waals surface area contributed by atoms with E-state index in [9.17, 15) is 5.11 Å². The number of aliphatic hydroxyl groups excluding tert-OH is 1. The van der Waals surface area contributed by atoms with Crippen LogP contribution in [0.15, 0.2) is 24.3 Å². The van der Waals surface area contributed by atoms with Crippen LogP contribution < -0.4 is 0 Å². The lowest BCUT2D eigenvalue weighted by Crippen LogP contribution is -2.24. The average molecular weight is 607 g/mol. The molecule has 0 saturated carbocycles. The Bertz CT molecular complexity index is 544. The van der Waals surface area contributed by atoms with Gasteiger partial charge < -0.3 is 14.6 Å². The highest BCUT2D eigenvalue weighted by Gasteiger charge is 2.07. The van der Waals surface area contributed by atoms with Crippen molar-refractivity contribution in [2.45, 2.75) is 206 Å². The van der Waals surface area contributed by atoms with Gasteiger partial charge in [0.25, 0.3) is 0 Å². The third-order valence-electron chi connectivity index (χ3n) is 8.57. The Kier molecular flexibility index (Phi) is 38.8. The van der Waals surface area contributed by atoms with E-state index in [0.29, 0.717) is 6.61 Å². The molecular weight excluding hydrogens is 528 g/mol. The Morgan fingerprint density at radius 1 is 0.419 bits per heavy atom. The summed E-state index contributed by atoms with van der Waals surface area (Å²) in [6.07, 6.45) is 47.9. The van der Waals surface area contributed by atoms with E-state index in [2.05, 4.69) is 38.2 Å². The molecule has 1 N–H and O–H groups in total. The molecule has 1 atom stereocenters. The molecule has 0 amide bonds. The zero-order valence-corrected chi connectivity index (χ0v) is 29.5. The van der Waals surface area contributed by atoms with Crippen molar-refractivity contribution in [1.29, 1.82) is 0 Å². The fourth-order valence-electron chi connectivity index (χ4n) is 5.60. The van der Waals surface area contributed by atoms with Crippen molar-refractivity contribution in [2.24, 2.45) is 0 Å². The molecule has 0 aromatic rings. The van der Waals surface area contributed by atoms with Crippen LogP contribution in [0.2, 0.25) is 0 Å². The molecule has 43 heavy (non-hydrogen) atoms. The van der Waals surface area contributed by atoms with Gasteiger partial charge in [0.05, 0.1) is 13.2 Å². The lowest BCUT2D eigenvalue weighted by molar-refractivity contribution is -0.0437. The van der Waals surface area contributed by atoms with Crippen LogP contribution in [0.4, 0.5) is 0 Å². The Morgan fingerprint density at radius 3 is 1.12 bits per heavy atom. The highest BCUT2D eigenvalue weighted by atomic mass is 16.5. The predicted molar refractivity (Wildman–Crippen MR) is 191 cm³/mol. The second-order valence-electron chi connectivity index (χ2n) is 13.0. The summed E-state index contributed by atoms with van der Waals surface area (Å²) >= 11 is 0. The first-order chi connectivity index (χ1) is 21.3. The summed E-state index contributed by atoms with van der Waals surface area (Å²) in [5, 5.41) is 9.60. The standard InChI is InChI=1S/C40H78O3/c1-3-5-7-9-11-13-15-17-19-21-22-24-26-28-30-32-34-36-42-39-40(38-41)43-37-35-33-31-29-27-25-23-20-18-16-14-12-10-8-6-4-2/h17-20,40-41H,3-16,21-39H2,1-2H3/b19-17-,20-18-. The van der Waals surface area contributed by atoms with Crippen LogP contribution in [0.1, 0.15) is 200 Å². The van der Waals surface area contributed by atoms with Gasteiger partial charge in [-0.05, 0) is 64.2 Å². The van der Waals surface area contributed by atoms with E-state index in [4.69, 9.17) is 9.47 Å². The molecule has 3 heteroatoms. The molecule has 0 fully saturated rings. The number of ether oxygens (including phenoxy) is 2. The summed E-state index contributed by atoms with van der Waals surface area (Å²) in [5.74, 6) is 0. The smallest absolute Gasteiger partial charge is 0.104 e. The summed E-state index contributed by atoms with van der Waals surface area (Å²) in [5.41, 5.74) is 0. The maximum atomic E-state index is 9.60. The number of hydrogen-bond acceptors (Lipinski definition) is 3. The van der Waals surface area contributed by atoms with Gasteiger partial charge in [-0.3, -0.25) is 0 Å². The van der Waals surface area contributed by atoms with Gasteiger partial charge in [0, 0.05) is 13.2 Å². The highest BCUT2D eigenvalue weighted by Crippen LogP contribution is 2.12. The van der Waals surface area contributed by atoms with Crippen LogP contribution in [0, 0.1) is 0 Å². The first kappa shape index (κ1) is 42.4. The molecule has 256 valence electrons. The lowest BCUT2D eigenvalue weighted by Gasteiger charge is -2.15. The van der Waals surface area contributed by atoms with Crippen LogP contribution in [-0.4, -0.2) is 37.6 Å². The summed E-state index contributed by atoms with van der Waals surface area (Å²) in [4.78, 5) is 0. The van der Waals surface area contributed by atoms with Crippen LogP contribution in [-0.2, 0) is 9.47 Å². The summed E-state index contributed by atoms with van der Waals surface area (Å²) in [7, 11) is 0. The normalized spacial score (nSPS) is 12.7. The SMILES string of the molecule is CCCCCCCC/C=C\CCCCCCCCCOCC(CO)OCCCCCCCC/C=C\CCCCCCCC. The maximum absolute atomic E-state index is 9.60. The Hall–Kier alpha value is -0.640. The van der Waals surface area contributed by atoms with Crippen LogP contribution in [0.3, 0.4) is 0 Å². The summed E-state index contributed by atoms with van der Waals surface area (Å²) in [6.45, 7) is 6.67. The summed E-state index contributed by atoms with van der Waals surface area (Å²) < 4.78 is 11.7. The van der Waals surface area contributed by atoms with Gasteiger partial charge in [0.2, 0.25) is 0 Å². The van der Waals surface area contributed by atoms with E-state index in [1.165, 1.54) is 173 Å². The van der Waals surface area contributed by atoms with Crippen molar-refractivity contribution in [3.05, 3.63) is 24.3 Å². The topological polar surface area (TPSA) is 38.7 Å². The number of allylic oxidation sites excluding steroid dienone is 4. The van der Waals surface area contributed by atoms with Gasteiger partial charge in [-0.15, -0.1) is 0 Å². The van der Waals surface area contributed by atoms with E-state index < -0.39 is 0 Å². The Labute approximate surface area is 271 Å². The molecule has 0 spiro atoms. The molecule has 3 nitrogen and oxygen atoms in total. The Morgan fingerprint density at radius 2 is 0.744 bits per heavy atom. The molecule has 0 aliphatic heterocycles. The fourth-order valence-corrected chi connectivity index (χ4v) is 5.60. The molecule has 0 aliphatic carbocycles.